The van der Waals surface area contributed by atoms with Gasteiger partial charge in [0.2, 0.25) is 5.91 Å². The maximum Gasteiger partial charge on any atom is 0.264 e. The summed E-state index contributed by atoms with van der Waals surface area (Å²) in [7, 11) is -3.99. The smallest absolute Gasteiger partial charge is 0.264 e. The first-order chi connectivity index (χ1) is 10.5. The van der Waals surface area contributed by atoms with Crippen LogP contribution in [0.2, 0.25) is 0 Å². The molecule has 0 saturated carbocycles. The summed E-state index contributed by atoms with van der Waals surface area (Å²) in [6.45, 7) is 8.22. The average Bonchev–Trinajstić information content (AvgIpc) is 2.45. The normalized spacial score (nSPS) is 14.2. The molecule has 0 bridgehead atoms. The molecule has 0 fully saturated rings. The molecule has 0 heterocycles. The van der Waals surface area contributed by atoms with E-state index in [1.807, 2.05) is 6.92 Å². The average molecular weight is 340 g/mol. The minimum atomic E-state index is -3.99. The third kappa shape index (κ3) is 4.54. The molecule has 1 aromatic carbocycles. The molecule has 128 valence electrons. The van der Waals surface area contributed by atoms with E-state index in [0.29, 0.717) is 0 Å². The van der Waals surface area contributed by atoms with Crippen molar-refractivity contribution in [1.82, 2.24) is 10.0 Å². The number of nitrogens with one attached hydrogen (secondary N) is 2. The van der Waals surface area contributed by atoms with E-state index in [1.54, 1.807) is 26.0 Å². The van der Waals surface area contributed by atoms with E-state index in [4.69, 9.17) is 0 Å². The van der Waals surface area contributed by atoms with Crippen LogP contribution in [0.15, 0.2) is 29.2 Å². The lowest BCUT2D eigenvalue weighted by Crippen LogP contribution is -2.60. The number of hydrogen-bond acceptors (Lipinski definition) is 4. The molecular weight excluding hydrogens is 316 g/mol. The number of hydrogen-bond donors (Lipinski definition) is 2. The van der Waals surface area contributed by atoms with Crippen molar-refractivity contribution in [2.24, 2.45) is 5.92 Å². The Morgan fingerprint density at radius 1 is 1.17 bits per heavy atom. The Morgan fingerprint density at radius 3 is 2.09 bits per heavy atom. The van der Waals surface area contributed by atoms with Crippen LogP contribution in [-0.4, -0.2) is 25.8 Å². The van der Waals surface area contributed by atoms with Gasteiger partial charge in [-0.15, -0.1) is 0 Å². The fourth-order valence-corrected chi connectivity index (χ4v) is 3.09. The molecule has 6 nitrogen and oxygen atoms in total. The van der Waals surface area contributed by atoms with Gasteiger partial charge in [-0.3, -0.25) is 9.59 Å². The predicted molar refractivity (Wildman–Crippen MR) is 88.2 cm³/mol. The molecule has 7 heteroatoms. The Balaban J connectivity index is 3.06. The molecule has 0 aliphatic carbocycles. The predicted octanol–water partition coefficient (Wildman–Crippen LogP) is 1.60. The Hall–Kier alpha value is -1.89. The van der Waals surface area contributed by atoms with Crippen molar-refractivity contribution in [2.75, 3.05) is 0 Å². The van der Waals surface area contributed by atoms with Crippen LogP contribution >= 0.6 is 0 Å². The van der Waals surface area contributed by atoms with E-state index < -0.39 is 27.4 Å². The molecule has 0 spiro atoms. The first-order valence-corrected chi connectivity index (χ1v) is 8.96. The number of benzene rings is 1. The SMILES string of the molecule is CCc1ccc(S(=O)(=O)NC(=O)C(C)(NC(C)=O)C(C)C)cc1. The molecule has 0 radical (unpaired) electrons. The second-order valence-electron chi connectivity index (χ2n) is 5.97. The topological polar surface area (TPSA) is 92.3 Å². The Morgan fingerprint density at radius 2 is 1.70 bits per heavy atom. The highest BCUT2D eigenvalue weighted by Crippen LogP contribution is 2.19. The maximum absolute atomic E-state index is 12.4. The van der Waals surface area contributed by atoms with Crippen LogP contribution in [0.1, 0.15) is 40.2 Å². The highest BCUT2D eigenvalue weighted by Gasteiger charge is 2.39. The Labute approximate surface area is 137 Å². The third-order valence-corrected chi connectivity index (χ3v) is 5.28. The number of carbonyl (C=O) groups excluding carboxylic acids is 2. The quantitative estimate of drug-likeness (QED) is 0.823. The first-order valence-electron chi connectivity index (χ1n) is 7.48. The molecule has 1 unspecified atom stereocenters. The van der Waals surface area contributed by atoms with E-state index in [-0.39, 0.29) is 10.8 Å². The Bertz CT molecular complexity index is 681. The molecule has 1 aromatic rings. The van der Waals surface area contributed by atoms with E-state index in [1.165, 1.54) is 26.0 Å². The molecule has 2 amide bonds. The van der Waals surface area contributed by atoms with Gasteiger partial charge in [0, 0.05) is 6.92 Å². The van der Waals surface area contributed by atoms with Crippen LogP contribution in [0.4, 0.5) is 0 Å². The van der Waals surface area contributed by atoms with E-state index in [2.05, 4.69) is 10.0 Å². The number of sulfonamides is 1. The summed E-state index contributed by atoms with van der Waals surface area (Å²) < 4.78 is 26.8. The fourth-order valence-electron chi connectivity index (χ4n) is 2.02. The van der Waals surface area contributed by atoms with Gasteiger partial charge < -0.3 is 5.32 Å². The number of amides is 2. The van der Waals surface area contributed by atoms with Gasteiger partial charge in [-0.25, -0.2) is 13.1 Å². The van der Waals surface area contributed by atoms with Crippen LogP contribution < -0.4 is 10.0 Å². The van der Waals surface area contributed by atoms with Gasteiger partial charge in [-0.2, -0.15) is 0 Å². The lowest BCUT2D eigenvalue weighted by atomic mass is 9.87. The summed E-state index contributed by atoms with van der Waals surface area (Å²) in [6, 6.07) is 6.32. The van der Waals surface area contributed by atoms with Crippen LogP contribution in [0.3, 0.4) is 0 Å². The van der Waals surface area contributed by atoms with E-state index in [9.17, 15) is 18.0 Å². The molecule has 1 atom stereocenters. The molecular formula is C16H24N2O4S. The first kappa shape index (κ1) is 19.2. The van der Waals surface area contributed by atoms with E-state index in [0.717, 1.165) is 12.0 Å². The summed E-state index contributed by atoms with van der Waals surface area (Å²) in [6.07, 6.45) is 0.792. The minimum Gasteiger partial charge on any atom is -0.342 e. The summed E-state index contributed by atoms with van der Waals surface area (Å²) in [5.41, 5.74) is -0.317. The number of rotatable bonds is 6. The summed E-state index contributed by atoms with van der Waals surface area (Å²) in [5.74, 6) is -1.45. The van der Waals surface area contributed by atoms with Crippen molar-refractivity contribution in [3.05, 3.63) is 29.8 Å². The van der Waals surface area contributed by atoms with E-state index >= 15 is 0 Å². The zero-order valence-electron chi connectivity index (χ0n) is 14.1. The summed E-state index contributed by atoms with van der Waals surface area (Å²) >= 11 is 0. The van der Waals surface area contributed by atoms with Gasteiger partial charge in [0.1, 0.15) is 5.54 Å². The molecule has 0 aliphatic rings. The van der Waals surface area contributed by atoms with Gasteiger partial charge in [-0.05, 0) is 37.0 Å². The number of carbonyl (C=O) groups is 2. The molecule has 0 aliphatic heterocycles. The van der Waals surface area contributed by atoms with Crippen LogP contribution in [0.5, 0.6) is 0 Å². The standard InChI is InChI=1S/C16H24N2O4S/c1-6-13-7-9-14(10-8-13)23(21,22)18-15(20)16(5,11(2)3)17-12(4)19/h7-11H,6H2,1-5H3,(H,17,19)(H,18,20). The van der Waals surface area contributed by atoms with Crippen LogP contribution in [-0.2, 0) is 26.0 Å². The largest absolute Gasteiger partial charge is 0.342 e. The number of aryl methyl sites for hydroxylation is 1. The van der Waals surface area contributed by atoms with Crippen molar-refractivity contribution in [2.45, 2.75) is 51.5 Å². The zero-order valence-corrected chi connectivity index (χ0v) is 15.0. The lowest BCUT2D eigenvalue weighted by Gasteiger charge is -2.32. The van der Waals surface area contributed by atoms with Crippen molar-refractivity contribution in [3.8, 4) is 0 Å². The van der Waals surface area contributed by atoms with Crippen molar-refractivity contribution in [3.63, 3.8) is 0 Å². The highest BCUT2D eigenvalue weighted by atomic mass is 32.2. The van der Waals surface area contributed by atoms with Crippen LogP contribution in [0.25, 0.3) is 0 Å². The molecule has 23 heavy (non-hydrogen) atoms. The minimum absolute atomic E-state index is 0.0111. The maximum atomic E-state index is 12.4. The van der Waals surface area contributed by atoms with Crippen molar-refractivity contribution < 1.29 is 18.0 Å². The Kier molecular flexibility index (Phi) is 5.93. The molecule has 1 rings (SSSR count). The van der Waals surface area contributed by atoms with Gasteiger partial charge in [0.05, 0.1) is 4.90 Å². The lowest BCUT2D eigenvalue weighted by molar-refractivity contribution is -0.132. The molecule has 2 N–H and O–H groups in total. The van der Waals surface area contributed by atoms with Gasteiger partial charge >= 0.3 is 0 Å². The summed E-state index contributed by atoms with van der Waals surface area (Å²) in [4.78, 5) is 23.8. The van der Waals surface area contributed by atoms with Gasteiger partial charge in [0.15, 0.2) is 0 Å². The third-order valence-electron chi connectivity index (χ3n) is 3.93. The van der Waals surface area contributed by atoms with Gasteiger partial charge in [-0.1, -0.05) is 32.9 Å². The molecule has 0 aromatic heterocycles. The summed E-state index contributed by atoms with van der Waals surface area (Å²) in [5, 5.41) is 2.53. The van der Waals surface area contributed by atoms with Gasteiger partial charge in [0.25, 0.3) is 15.9 Å². The fraction of sp³-hybridized carbons (Fsp3) is 0.500. The van der Waals surface area contributed by atoms with Crippen molar-refractivity contribution in [1.29, 1.82) is 0 Å². The second kappa shape index (κ2) is 7.12. The molecule has 0 saturated heterocycles. The second-order valence-corrected chi connectivity index (χ2v) is 7.65. The zero-order chi connectivity index (χ0) is 17.8. The van der Waals surface area contributed by atoms with Crippen LogP contribution in [0, 0.1) is 5.92 Å². The monoisotopic (exact) mass is 340 g/mol. The highest BCUT2D eigenvalue weighted by molar-refractivity contribution is 7.90. The van der Waals surface area contributed by atoms with Crippen molar-refractivity contribution >= 4 is 21.8 Å².